The number of nitrogens with one attached hydrogen (secondary N) is 3. The van der Waals surface area contributed by atoms with Crippen molar-refractivity contribution >= 4 is 28.7 Å². The molecule has 2 rings (SSSR count). The van der Waals surface area contributed by atoms with Crippen LogP contribution in [0.3, 0.4) is 0 Å². The fourth-order valence-corrected chi connectivity index (χ4v) is 2.12. The van der Waals surface area contributed by atoms with Gasteiger partial charge in [0, 0.05) is 6.04 Å². The van der Waals surface area contributed by atoms with E-state index in [1.54, 1.807) is 0 Å². The minimum absolute atomic E-state index is 0.0771. The first-order valence-electron chi connectivity index (χ1n) is 5.95. The number of aromatic amines is 2. The first-order chi connectivity index (χ1) is 9.10. The summed E-state index contributed by atoms with van der Waals surface area (Å²) in [5.41, 5.74) is 0.164. The number of hydrogen-bond donors (Lipinski definition) is 3. The Morgan fingerprint density at radius 1 is 1.58 bits per heavy atom. The van der Waals surface area contributed by atoms with Gasteiger partial charge in [-0.15, -0.1) is 0 Å². The number of H-pyrrole nitrogens is 2. The summed E-state index contributed by atoms with van der Waals surface area (Å²) in [6, 6.07) is 0.148. The van der Waals surface area contributed by atoms with Gasteiger partial charge >= 0.3 is 0 Å². The Balaban J connectivity index is 2.02. The monoisotopic (exact) mass is 281 g/mol. The molecule has 2 aromatic rings. The van der Waals surface area contributed by atoms with Gasteiger partial charge in [0.2, 0.25) is 5.91 Å². The molecule has 19 heavy (non-hydrogen) atoms. The summed E-state index contributed by atoms with van der Waals surface area (Å²) in [7, 11) is 0. The fraction of sp³-hybridized carbons (Fsp3) is 0.455. The highest BCUT2D eigenvalue weighted by atomic mass is 32.2. The van der Waals surface area contributed by atoms with Crippen molar-refractivity contribution in [2.75, 3.05) is 5.75 Å². The van der Waals surface area contributed by atoms with E-state index in [4.69, 9.17) is 0 Å². The summed E-state index contributed by atoms with van der Waals surface area (Å²) < 4.78 is 0. The lowest BCUT2D eigenvalue weighted by atomic mass is 10.3. The van der Waals surface area contributed by atoms with Crippen LogP contribution in [0.2, 0.25) is 0 Å². The van der Waals surface area contributed by atoms with Gasteiger partial charge in [0.25, 0.3) is 5.56 Å². The molecule has 0 aromatic carbocycles. The molecule has 1 atom stereocenters. The standard InChI is InChI=1S/C11H15N5O2S/c1-3-6(2)13-8(17)5-19-11-14-9-7(4-12-16-9)10(18)15-11/h4,6H,3,5H2,1-2H3,(H,13,17)(H2,12,14,15,16,18)/t6-/m0/s1. The number of nitrogens with zero attached hydrogens (tertiary/aromatic N) is 2. The van der Waals surface area contributed by atoms with Crippen LogP contribution in [-0.4, -0.2) is 37.9 Å². The summed E-state index contributed by atoms with van der Waals surface area (Å²) >= 11 is 1.19. The van der Waals surface area contributed by atoms with E-state index in [1.165, 1.54) is 18.0 Å². The number of carbonyl (C=O) groups is 1. The Morgan fingerprint density at radius 2 is 2.37 bits per heavy atom. The zero-order valence-electron chi connectivity index (χ0n) is 10.7. The SMILES string of the molecule is CC[C@H](C)NC(=O)CSc1nc2[nH]ncc2c(=O)[nH]1. The zero-order chi connectivity index (χ0) is 13.8. The van der Waals surface area contributed by atoms with E-state index in [0.717, 1.165) is 6.42 Å². The maximum atomic E-state index is 11.7. The second-order valence-electron chi connectivity index (χ2n) is 4.17. The van der Waals surface area contributed by atoms with E-state index in [-0.39, 0.29) is 23.3 Å². The summed E-state index contributed by atoms with van der Waals surface area (Å²) in [5, 5.41) is 10.0. The van der Waals surface area contributed by atoms with Crippen molar-refractivity contribution in [3.05, 3.63) is 16.6 Å². The average Bonchev–Trinajstić information content (AvgIpc) is 2.85. The highest BCUT2D eigenvalue weighted by Crippen LogP contribution is 2.12. The normalized spacial score (nSPS) is 12.5. The third kappa shape index (κ3) is 3.34. The van der Waals surface area contributed by atoms with Crippen LogP contribution in [0.15, 0.2) is 16.1 Å². The van der Waals surface area contributed by atoms with Gasteiger partial charge in [0.05, 0.1) is 11.9 Å². The van der Waals surface area contributed by atoms with Crippen molar-refractivity contribution in [3.8, 4) is 0 Å². The molecule has 0 bridgehead atoms. The molecule has 0 unspecified atom stereocenters. The van der Waals surface area contributed by atoms with Crippen molar-refractivity contribution in [2.45, 2.75) is 31.5 Å². The summed E-state index contributed by atoms with van der Waals surface area (Å²) in [6.45, 7) is 3.95. The lowest BCUT2D eigenvalue weighted by molar-refractivity contribution is -0.119. The average molecular weight is 281 g/mol. The number of thioether (sulfide) groups is 1. The van der Waals surface area contributed by atoms with Crippen LogP contribution in [0, 0.1) is 0 Å². The molecular weight excluding hydrogens is 266 g/mol. The first-order valence-corrected chi connectivity index (χ1v) is 6.94. The van der Waals surface area contributed by atoms with Gasteiger partial charge in [-0.1, -0.05) is 18.7 Å². The summed E-state index contributed by atoms with van der Waals surface area (Å²) in [6.07, 6.45) is 2.30. The van der Waals surface area contributed by atoms with Crippen molar-refractivity contribution in [1.29, 1.82) is 0 Å². The van der Waals surface area contributed by atoms with Crippen LogP contribution < -0.4 is 10.9 Å². The Bertz CT molecular complexity index is 635. The van der Waals surface area contributed by atoms with Crippen molar-refractivity contribution < 1.29 is 4.79 Å². The molecule has 102 valence electrons. The zero-order valence-corrected chi connectivity index (χ0v) is 11.5. The third-order valence-corrected chi connectivity index (χ3v) is 3.53. The highest BCUT2D eigenvalue weighted by molar-refractivity contribution is 7.99. The second kappa shape index (κ2) is 5.87. The number of aromatic nitrogens is 4. The lowest BCUT2D eigenvalue weighted by Gasteiger charge is -2.10. The molecule has 1 amide bonds. The summed E-state index contributed by atoms with van der Waals surface area (Å²) in [5.74, 6) is 0.138. The maximum Gasteiger partial charge on any atom is 0.262 e. The minimum atomic E-state index is -0.261. The van der Waals surface area contributed by atoms with Crippen LogP contribution in [-0.2, 0) is 4.79 Å². The quantitative estimate of drug-likeness (QED) is 0.551. The maximum absolute atomic E-state index is 11.7. The molecule has 0 aliphatic heterocycles. The van der Waals surface area contributed by atoms with E-state index >= 15 is 0 Å². The van der Waals surface area contributed by atoms with Crippen LogP contribution in [0.5, 0.6) is 0 Å². The fourth-order valence-electron chi connectivity index (χ4n) is 1.45. The molecule has 0 fully saturated rings. The molecule has 2 heterocycles. The number of amides is 1. The molecule has 0 saturated heterocycles. The van der Waals surface area contributed by atoms with Gasteiger partial charge in [0.1, 0.15) is 5.39 Å². The minimum Gasteiger partial charge on any atom is -0.353 e. The van der Waals surface area contributed by atoms with E-state index < -0.39 is 0 Å². The number of hydrogen-bond acceptors (Lipinski definition) is 5. The van der Waals surface area contributed by atoms with Crippen LogP contribution in [0.1, 0.15) is 20.3 Å². The van der Waals surface area contributed by atoms with Crippen molar-refractivity contribution in [2.24, 2.45) is 0 Å². The van der Waals surface area contributed by atoms with Gasteiger partial charge in [-0.3, -0.25) is 14.7 Å². The predicted octanol–water partition coefficient (Wildman–Crippen LogP) is 0.653. The molecule has 0 aliphatic rings. The van der Waals surface area contributed by atoms with E-state index in [2.05, 4.69) is 25.5 Å². The van der Waals surface area contributed by atoms with E-state index in [0.29, 0.717) is 16.2 Å². The van der Waals surface area contributed by atoms with Gasteiger partial charge in [-0.2, -0.15) is 5.10 Å². The summed E-state index contributed by atoms with van der Waals surface area (Å²) in [4.78, 5) is 30.1. The van der Waals surface area contributed by atoms with Gasteiger partial charge in [0.15, 0.2) is 10.8 Å². The van der Waals surface area contributed by atoms with Crippen LogP contribution in [0.4, 0.5) is 0 Å². The molecule has 0 saturated carbocycles. The van der Waals surface area contributed by atoms with E-state index in [1.807, 2.05) is 13.8 Å². The van der Waals surface area contributed by atoms with Crippen molar-refractivity contribution in [1.82, 2.24) is 25.5 Å². The Morgan fingerprint density at radius 3 is 3.11 bits per heavy atom. The van der Waals surface area contributed by atoms with Gasteiger partial charge in [-0.25, -0.2) is 4.98 Å². The van der Waals surface area contributed by atoms with Crippen LogP contribution >= 0.6 is 11.8 Å². The topological polar surface area (TPSA) is 104 Å². The molecule has 0 spiro atoms. The number of rotatable bonds is 5. The molecule has 3 N–H and O–H groups in total. The number of carbonyl (C=O) groups excluding carboxylic acids is 1. The van der Waals surface area contributed by atoms with Gasteiger partial charge < -0.3 is 10.3 Å². The second-order valence-corrected chi connectivity index (χ2v) is 5.13. The number of fused-ring (bicyclic) bond motifs is 1. The first kappa shape index (κ1) is 13.6. The largest absolute Gasteiger partial charge is 0.353 e. The Kier molecular flexibility index (Phi) is 4.20. The smallest absolute Gasteiger partial charge is 0.262 e. The Hall–Kier alpha value is -1.83. The van der Waals surface area contributed by atoms with Gasteiger partial charge in [-0.05, 0) is 13.3 Å². The molecular formula is C11H15N5O2S. The predicted molar refractivity (Wildman–Crippen MR) is 73.1 cm³/mol. The molecule has 2 aromatic heterocycles. The molecule has 7 nitrogen and oxygen atoms in total. The van der Waals surface area contributed by atoms with Crippen LogP contribution in [0.25, 0.3) is 11.0 Å². The molecule has 0 radical (unpaired) electrons. The third-order valence-electron chi connectivity index (χ3n) is 2.66. The Labute approximate surface area is 113 Å². The highest BCUT2D eigenvalue weighted by Gasteiger charge is 2.09. The van der Waals surface area contributed by atoms with Crippen molar-refractivity contribution in [3.63, 3.8) is 0 Å². The van der Waals surface area contributed by atoms with E-state index in [9.17, 15) is 9.59 Å². The molecule has 8 heteroatoms. The lowest BCUT2D eigenvalue weighted by Crippen LogP contribution is -2.33. The molecule has 0 aliphatic carbocycles.